The Labute approximate surface area is 369 Å². The molecule has 278 valence electrons. The van der Waals surface area contributed by atoms with Gasteiger partial charge in [-0.15, -0.1) is 16.4 Å². The van der Waals surface area contributed by atoms with Crippen LogP contribution >= 0.6 is 0 Å². The zero-order valence-electron chi connectivity index (χ0n) is 34.5. The van der Waals surface area contributed by atoms with E-state index in [0.29, 0.717) is 16.5 Å². The Kier molecular flexibility index (Phi) is 7.90. The minimum absolute atomic E-state index is 0.191. The first-order chi connectivity index (χ1) is 30.1. The van der Waals surface area contributed by atoms with Crippen LogP contribution in [-0.2, 0) is 10.8 Å². The van der Waals surface area contributed by atoms with Gasteiger partial charge in [0.2, 0.25) is 0 Å². The van der Waals surface area contributed by atoms with Crippen LogP contribution in [0, 0.1) is 0 Å². The molecule has 0 N–H and O–H groups in total. The van der Waals surface area contributed by atoms with Crippen molar-refractivity contribution in [3.8, 4) is 44.5 Å². The number of rotatable bonds is 4. The van der Waals surface area contributed by atoms with Crippen LogP contribution < -0.4 is 32.2 Å². The molecule has 12 rings (SSSR count). The summed E-state index contributed by atoms with van der Waals surface area (Å²) in [6.07, 6.45) is 0. The number of nitrogens with zero attached hydrogens (tertiary/aromatic N) is 1. The molecule has 3 aliphatic carbocycles. The van der Waals surface area contributed by atoms with Gasteiger partial charge in [0.05, 0.1) is 5.41 Å². The summed E-state index contributed by atoms with van der Waals surface area (Å²) in [7, 11) is 32.0. The number of hydrogen-bond acceptors (Lipinski definition) is 1. The molecule has 0 saturated carbocycles. The highest BCUT2D eigenvalue weighted by Gasteiger charge is 2.52. The zero-order chi connectivity index (χ0) is 42.2. The molecule has 0 aromatic heterocycles. The van der Waals surface area contributed by atoms with Crippen LogP contribution in [0.3, 0.4) is 0 Å². The number of fused-ring (bicyclic) bond motifs is 15. The van der Waals surface area contributed by atoms with Crippen molar-refractivity contribution >= 4 is 94.4 Å². The first-order valence-corrected chi connectivity index (χ1v) is 21.1. The van der Waals surface area contributed by atoms with Gasteiger partial charge in [0.1, 0.15) is 39.2 Å². The standard InChI is InChI=1S/C56H34B5N/c1-55(2)42-16-8-5-13-37(42)40-26-24-34(29-46(40)55)62(33-22-19-32(20-23-33)48-50(57)52(59)54(61)53(60)51(48)58)35-25-27-41-47(30-35)56(45-28-21-31-11-3-4-12-36(31)49(41)45)43-17-9-6-14-38(43)39-15-7-10-18-44(39)56/h3-30H,1-2H3. The molecule has 0 saturated heterocycles. The summed E-state index contributed by atoms with van der Waals surface area (Å²) < 4.78 is 0. The minimum Gasteiger partial charge on any atom is -0.310 e. The summed E-state index contributed by atoms with van der Waals surface area (Å²) in [5.74, 6) is 0. The van der Waals surface area contributed by atoms with E-state index in [1.807, 2.05) is 12.1 Å². The third kappa shape index (κ3) is 4.81. The maximum Gasteiger partial charge on any atom is 0.113 e. The van der Waals surface area contributed by atoms with Gasteiger partial charge in [0.25, 0.3) is 0 Å². The molecule has 3 aliphatic rings. The molecule has 0 unspecified atom stereocenters. The topological polar surface area (TPSA) is 3.24 Å². The molecule has 0 aliphatic heterocycles. The fourth-order valence-electron chi connectivity index (χ4n) is 11.3. The lowest BCUT2D eigenvalue weighted by Crippen LogP contribution is -2.55. The molecule has 6 heteroatoms. The summed E-state index contributed by atoms with van der Waals surface area (Å²) in [5.41, 5.74) is 20.5. The van der Waals surface area contributed by atoms with Crippen LogP contribution in [0.1, 0.15) is 47.2 Å². The number of hydrogen-bond donors (Lipinski definition) is 0. The van der Waals surface area contributed by atoms with Gasteiger partial charge in [0.15, 0.2) is 0 Å². The van der Waals surface area contributed by atoms with Crippen molar-refractivity contribution in [3.63, 3.8) is 0 Å². The Hall–Kier alpha value is -6.64. The Bertz CT molecular complexity index is 3330. The zero-order valence-corrected chi connectivity index (χ0v) is 34.5. The monoisotopic (exact) mass is 775 g/mol. The van der Waals surface area contributed by atoms with Crippen molar-refractivity contribution in [2.45, 2.75) is 24.7 Å². The van der Waals surface area contributed by atoms with Crippen LogP contribution in [0.4, 0.5) is 17.1 Å². The summed E-state index contributed by atoms with van der Waals surface area (Å²) in [5, 5.41) is 2.49. The highest BCUT2D eigenvalue weighted by atomic mass is 15.1. The molecule has 1 spiro atoms. The second-order valence-corrected chi connectivity index (χ2v) is 17.5. The van der Waals surface area contributed by atoms with Gasteiger partial charge in [-0.3, -0.25) is 0 Å². The van der Waals surface area contributed by atoms with Crippen LogP contribution in [0.15, 0.2) is 170 Å². The van der Waals surface area contributed by atoms with Crippen LogP contribution in [0.5, 0.6) is 0 Å². The first kappa shape index (κ1) is 37.2. The van der Waals surface area contributed by atoms with Crippen molar-refractivity contribution in [3.05, 3.63) is 203 Å². The molecule has 0 heterocycles. The van der Waals surface area contributed by atoms with Gasteiger partial charge in [-0.1, -0.05) is 158 Å². The summed E-state index contributed by atoms with van der Waals surface area (Å²) >= 11 is 0. The van der Waals surface area contributed by atoms with E-state index in [4.69, 9.17) is 39.2 Å². The Balaban J connectivity index is 1.12. The van der Waals surface area contributed by atoms with Crippen LogP contribution in [0.2, 0.25) is 0 Å². The second kappa shape index (κ2) is 13.2. The van der Waals surface area contributed by atoms with Gasteiger partial charge in [-0.05, 0) is 125 Å². The molecule has 62 heavy (non-hydrogen) atoms. The minimum atomic E-state index is -0.529. The van der Waals surface area contributed by atoms with Crippen molar-refractivity contribution in [2.24, 2.45) is 0 Å². The Morgan fingerprint density at radius 1 is 0.355 bits per heavy atom. The predicted octanol–water partition coefficient (Wildman–Crippen LogP) is 8.60. The Morgan fingerprint density at radius 3 is 1.48 bits per heavy atom. The SMILES string of the molecule is [B]c1c([B])c([B])c(-c2ccc(N(c3ccc4c(c3)C(C)(C)c3ccccc3-4)c3ccc4c(c3)C3(c5ccccc5-c5ccccc53)c3ccc5ccccc5c3-4)cc2)c([B])c1[B]. The van der Waals surface area contributed by atoms with Gasteiger partial charge in [0, 0.05) is 22.5 Å². The van der Waals surface area contributed by atoms with E-state index in [1.165, 1.54) is 77.5 Å². The molecule has 0 atom stereocenters. The van der Waals surface area contributed by atoms with Gasteiger partial charge < -0.3 is 4.90 Å². The molecule has 9 aromatic carbocycles. The Morgan fingerprint density at radius 2 is 0.839 bits per heavy atom. The quantitative estimate of drug-likeness (QED) is 0.162. The lowest BCUT2D eigenvalue weighted by molar-refractivity contribution is 0.660. The highest BCUT2D eigenvalue weighted by Crippen LogP contribution is 2.64. The van der Waals surface area contributed by atoms with Crippen LogP contribution in [0.25, 0.3) is 55.3 Å². The van der Waals surface area contributed by atoms with Crippen LogP contribution in [-0.4, -0.2) is 39.2 Å². The number of benzene rings is 9. The largest absolute Gasteiger partial charge is 0.310 e. The maximum absolute atomic E-state index is 6.58. The summed E-state index contributed by atoms with van der Waals surface area (Å²) in [4.78, 5) is 2.38. The smallest absolute Gasteiger partial charge is 0.113 e. The lowest BCUT2D eigenvalue weighted by Gasteiger charge is -2.32. The second-order valence-electron chi connectivity index (χ2n) is 17.5. The third-order valence-corrected chi connectivity index (χ3v) is 14.2. The van der Waals surface area contributed by atoms with Crippen molar-refractivity contribution in [1.82, 2.24) is 0 Å². The summed E-state index contributed by atoms with van der Waals surface area (Å²) in [6.45, 7) is 4.66. The first-order valence-electron chi connectivity index (χ1n) is 21.1. The van der Waals surface area contributed by atoms with E-state index < -0.39 is 5.41 Å². The van der Waals surface area contributed by atoms with E-state index in [1.54, 1.807) is 0 Å². The van der Waals surface area contributed by atoms with Gasteiger partial charge >= 0.3 is 0 Å². The maximum atomic E-state index is 6.58. The molecule has 0 bridgehead atoms. The average molecular weight is 775 g/mol. The molecule has 1 nitrogen and oxygen atoms in total. The molecule has 10 radical (unpaired) electrons. The highest BCUT2D eigenvalue weighted by molar-refractivity contribution is 6.68. The molecule has 0 amide bonds. The molecule has 0 fully saturated rings. The van der Waals surface area contributed by atoms with Crippen molar-refractivity contribution in [2.75, 3.05) is 4.90 Å². The summed E-state index contributed by atoms with van der Waals surface area (Å²) in [6, 6.07) is 62.5. The third-order valence-electron chi connectivity index (χ3n) is 14.2. The van der Waals surface area contributed by atoms with Crippen molar-refractivity contribution < 1.29 is 0 Å². The average Bonchev–Trinajstić information content (AvgIpc) is 3.86. The molecular formula is C56H34B5N. The van der Waals surface area contributed by atoms with E-state index >= 15 is 0 Å². The molecule has 9 aromatic rings. The van der Waals surface area contributed by atoms with Gasteiger partial charge in [-0.2, -0.15) is 0 Å². The van der Waals surface area contributed by atoms with E-state index in [0.717, 1.165) is 22.6 Å². The van der Waals surface area contributed by atoms with E-state index in [-0.39, 0.29) is 21.8 Å². The fraction of sp³-hybridized carbons (Fsp3) is 0.0714. The van der Waals surface area contributed by atoms with E-state index in [2.05, 4.69) is 176 Å². The van der Waals surface area contributed by atoms with Gasteiger partial charge in [-0.25, -0.2) is 0 Å². The fourth-order valence-corrected chi connectivity index (χ4v) is 11.3. The lowest BCUT2D eigenvalue weighted by atomic mass is 9.60. The normalized spacial score (nSPS) is 14.2. The number of anilines is 3. The van der Waals surface area contributed by atoms with Crippen molar-refractivity contribution in [1.29, 1.82) is 0 Å². The molecular weight excluding hydrogens is 741 g/mol. The van der Waals surface area contributed by atoms with E-state index in [9.17, 15) is 0 Å². The predicted molar refractivity (Wildman–Crippen MR) is 265 cm³/mol.